The molecule has 0 bridgehead atoms. The molecule has 3 aromatic heterocycles. The summed E-state index contributed by atoms with van der Waals surface area (Å²) in [5.74, 6) is -0.938. The van der Waals surface area contributed by atoms with Gasteiger partial charge in [-0.3, -0.25) is 10.1 Å². The molecule has 3 heterocycles. The number of carbonyl (C=O) groups is 1. The van der Waals surface area contributed by atoms with Crippen molar-refractivity contribution in [1.29, 1.82) is 0 Å². The molecule has 12 nitrogen and oxygen atoms in total. The van der Waals surface area contributed by atoms with Crippen molar-refractivity contribution in [3.63, 3.8) is 0 Å². The van der Waals surface area contributed by atoms with Crippen LogP contribution in [-0.4, -0.2) is 37.0 Å². The highest BCUT2D eigenvalue weighted by molar-refractivity contribution is 5.92. The predicted octanol–water partition coefficient (Wildman–Crippen LogP) is 5.33. The van der Waals surface area contributed by atoms with E-state index in [1.54, 1.807) is 25.1 Å². The van der Waals surface area contributed by atoms with E-state index in [4.69, 9.17) is 13.6 Å². The van der Waals surface area contributed by atoms with Crippen molar-refractivity contribution in [1.82, 2.24) is 20.0 Å². The quantitative estimate of drug-likeness (QED) is 0.101. The Morgan fingerprint density at radius 1 is 1.14 bits per heavy atom. The Hall–Kier alpha value is -5.34. The first kappa shape index (κ1) is 28.2. The van der Waals surface area contributed by atoms with E-state index < -0.39 is 40.4 Å². The Kier molecular flexibility index (Phi) is 7.10. The normalized spacial score (nSPS) is 13.2. The molecule has 42 heavy (non-hydrogen) atoms. The first-order valence-electron chi connectivity index (χ1n) is 12.3. The van der Waals surface area contributed by atoms with Crippen molar-refractivity contribution in [2.75, 3.05) is 0 Å². The summed E-state index contributed by atoms with van der Waals surface area (Å²) in [5, 5.41) is 18.9. The second-order valence-corrected chi connectivity index (χ2v) is 9.23. The fourth-order valence-corrected chi connectivity index (χ4v) is 4.40. The number of alkyl halides is 3. The number of hydrogen-bond acceptors (Lipinski definition) is 10. The number of fused-ring (bicyclic) bond motifs is 1. The number of halogens is 3. The molecule has 0 aliphatic rings. The van der Waals surface area contributed by atoms with E-state index in [0.29, 0.717) is 28.1 Å². The lowest BCUT2D eigenvalue weighted by atomic mass is 9.95. The summed E-state index contributed by atoms with van der Waals surface area (Å²) < 4.78 is 60.0. The molecular formula is C27H20F3N5O7. The second-order valence-electron chi connectivity index (χ2n) is 9.23. The molecule has 0 N–H and O–H groups in total. The Morgan fingerprint density at radius 2 is 1.88 bits per heavy atom. The molecule has 0 saturated carbocycles. The molecule has 15 heteroatoms. The average molecular weight is 583 g/mol. The summed E-state index contributed by atoms with van der Waals surface area (Å²) >= 11 is 0. The topological polar surface area (TPSA) is 156 Å². The fourth-order valence-electron chi connectivity index (χ4n) is 4.40. The monoisotopic (exact) mass is 583 g/mol. The molecule has 0 spiro atoms. The van der Waals surface area contributed by atoms with Gasteiger partial charge in [0.05, 0.1) is 23.2 Å². The molecule has 2 aromatic carbocycles. The Balaban J connectivity index is 1.44. The van der Waals surface area contributed by atoms with Gasteiger partial charge in [-0.2, -0.15) is 13.2 Å². The number of esters is 1. The number of nitro groups is 1. The summed E-state index contributed by atoms with van der Waals surface area (Å²) in [5.41, 5.74) is -3.44. The van der Waals surface area contributed by atoms with E-state index in [1.807, 2.05) is 0 Å². The second kappa shape index (κ2) is 10.6. The van der Waals surface area contributed by atoms with Gasteiger partial charge in [0, 0.05) is 36.1 Å². The third kappa shape index (κ3) is 5.23. The van der Waals surface area contributed by atoms with Gasteiger partial charge < -0.3 is 13.6 Å². The summed E-state index contributed by atoms with van der Waals surface area (Å²) in [7, 11) is 0. The highest BCUT2D eigenvalue weighted by Crippen LogP contribution is 2.44. The molecular weight excluding hydrogens is 563 g/mol. The third-order valence-electron chi connectivity index (χ3n) is 6.54. The van der Waals surface area contributed by atoms with Crippen LogP contribution in [0.1, 0.15) is 40.9 Å². The molecule has 0 amide bonds. The highest BCUT2D eigenvalue weighted by Gasteiger charge is 2.60. The van der Waals surface area contributed by atoms with Gasteiger partial charge in [0.2, 0.25) is 0 Å². The molecule has 5 rings (SSSR count). The van der Waals surface area contributed by atoms with Crippen molar-refractivity contribution >= 4 is 22.6 Å². The van der Waals surface area contributed by atoms with Crippen LogP contribution in [0.2, 0.25) is 0 Å². The summed E-state index contributed by atoms with van der Waals surface area (Å²) in [6, 6.07) is 10.1. The number of aromatic nitrogens is 4. The minimum atomic E-state index is -5.08. The van der Waals surface area contributed by atoms with E-state index in [0.717, 1.165) is 35.1 Å². The van der Waals surface area contributed by atoms with Gasteiger partial charge in [0.25, 0.3) is 11.3 Å². The summed E-state index contributed by atoms with van der Waals surface area (Å²) in [6.45, 7) is 2.77. The SMILES string of the molecule is CC[C@](OC(=O)c1ccc([N+](=O)[O-])cc1)(c1cn(Cc2ccc3c(-c4coc(C)n4)cc(=O)oc3c2)nn1)C(F)(F)F. The Bertz CT molecular complexity index is 1860. The van der Waals surface area contributed by atoms with Crippen LogP contribution in [0.5, 0.6) is 0 Å². The first-order chi connectivity index (χ1) is 19.9. The van der Waals surface area contributed by atoms with Gasteiger partial charge in [0.15, 0.2) is 5.89 Å². The van der Waals surface area contributed by atoms with Crippen LogP contribution in [0.15, 0.2) is 74.6 Å². The number of nitro benzene ring substituents is 1. The number of nitrogens with zero attached hydrogens (tertiary/aromatic N) is 5. The van der Waals surface area contributed by atoms with Gasteiger partial charge in [-0.05, 0) is 30.2 Å². The number of benzene rings is 2. The molecule has 5 aromatic rings. The van der Waals surface area contributed by atoms with Gasteiger partial charge >= 0.3 is 17.8 Å². The fraction of sp³-hybridized carbons (Fsp3) is 0.222. The lowest BCUT2D eigenvalue weighted by Gasteiger charge is -2.32. The smallest absolute Gasteiger partial charge is 0.434 e. The largest absolute Gasteiger partial charge is 0.449 e. The van der Waals surface area contributed by atoms with Crippen molar-refractivity contribution in [2.45, 2.75) is 38.6 Å². The van der Waals surface area contributed by atoms with Crippen LogP contribution in [0, 0.1) is 17.0 Å². The maximum Gasteiger partial charge on any atom is 0.434 e. The van der Waals surface area contributed by atoms with Gasteiger partial charge in [0.1, 0.15) is 23.2 Å². The zero-order chi connectivity index (χ0) is 30.2. The summed E-state index contributed by atoms with van der Waals surface area (Å²) in [6.07, 6.45) is -3.39. The van der Waals surface area contributed by atoms with E-state index in [-0.39, 0.29) is 23.4 Å². The number of ether oxygens (including phenoxy) is 1. The molecule has 0 aliphatic heterocycles. The maximum absolute atomic E-state index is 14.4. The van der Waals surface area contributed by atoms with Crippen LogP contribution in [0.25, 0.3) is 22.2 Å². The van der Waals surface area contributed by atoms with Crippen molar-refractivity contribution in [3.8, 4) is 11.3 Å². The number of aryl methyl sites for hydroxylation is 1. The van der Waals surface area contributed by atoms with Crippen LogP contribution in [-0.2, 0) is 16.9 Å². The standard InChI is InChI=1S/C27H20F3N5O7/c1-3-26(27(28,29)30,42-25(37)17-5-7-18(8-6-17)35(38)39)23-13-34(33-32-23)12-16-4-9-19-20(21-14-40-15(2)31-21)11-24(36)41-22(19)10-16/h4-11,13-14H,3,12H2,1-2H3/t26-/m0/s1. The summed E-state index contributed by atoms with van der Waals surface area (Å²) in [4.78, 5) is 39.3. The van der Waals surface area contributed by atoms with Crippen molar-refractivity contribution in [3.05, 3.63) is 104 Å². The van der Waals surface area contributed by atoms with Gasteiger partial charge in [-0.15, -0.1) is 5.10 Å². The Morgan fingerprint density at radius 3 is 2.50 bits per heavy atom. The average Bonchev–Trinajstić information content (AvgIpc) is 3.59. The number of non-ortho nitro benzene ring substituents is 1. The molecule has 0 aliphatic carbocycles. The van der Waals surface area contributed by atoms with Crippen LogP contribution in [0.4, 0.5) is 18.9 Å². The van der Waals surface area contributed by atoms with E-state index in [2.05, 4.69) is 15.3 Å². The van der Waals surface area contributed by atoms with Crippen LogP contribution < -0.4 is 5.63 Å². The van der Waals surface area contributed by atoms with E-state index in [9.17, 15) is 32.9 Å². The van der Waals surface area contributed by atoms with Crippen molar-refractivity contribution in [2.24, 2.45) is 0 Å². The molecule has 0 saturated heterocycles. The molecule has 0 unspecified atom stereocenters. The zero-order valence-corrected chi connectivity index (χ0v) is 21.9. The zero-order valence-electron chi connectivity index (χ0n) is 21.9. The lowest BCUT2D eigenvalue weighted by Crippen LogP contribution is -2.46. The van der Waals surface area contributed by atoms with Gasteiger partial charge in [-0.25, -0.2) is 19.3 Å². The predicted molar refractivity (Wildman–Crippen MR) is 138 cm³/mol. The van der Waals surface area contributed by atoms with E-state index in [1.165, 1.54) is 19.3 Å². The van der Waals surface area contributed by atoms with Crippen molar-refractivity contribution < 1.29 is 36.5 Å². The molecule has 0 fully saturated rings. The Labute approximate surface area is 233 Å². The number of oxazole rings is 1. The van der Waals surface area contributed by atoms with Gasteiger partial charge in [-0.1, -0.05) is 24.3 Å². The number of rotatable bonds is 8. The van der Waals surface area contributed by atoms with Crippen LogP contribution in [0.3, 0.4) is 0 Å². The minimum Gasteiger partial charge on any atom is -0.449 e. The minimum absolute atomic E-state index is 0.0616. The van der Waals surface area contributed by atoms with E-state index >= 15 is 0 Å². The molecule has 216 valence electrons. The number of hydrogen-bond donors (Lipinski definition) is 0. The van der Waals surface area contributed by atoms with Crippen LogP contribution >= 0.6 is 0 Å². The molecule has 0 radical (unpaired) electrons. The molecule has 1 atom stereocenters. The number of carbonyl (C=O) groups excluding carboxylic acids is 1. The highest BCUT2D eigenvalue weighted by atomic mass is 19.4. The lowest BCUT2D eigenvalue weighted by molar-refractivity contribution is -0.384. The maximum atomic E-state index is 14.4. The first-order valence-corrected chi connectivity index (χ1v) is 12.3. The third-order valence-corrected chi connectivity index (χ3v) is 6.54.